The summed E-state index contributed by atoms with van der Waals surface area (Å²) >= 11 is 0. The lowest BCUT2D eigenvalue weighted by Gasteiger charge is -2.31. The van der Waals surface area contributed by atoms with Gasteiger partial charge in [-0.3, -0.25) is 4.79 Å². The average Bonchev–Trinajstić information content (AvgIpc) is 2.80. The molecule has 0 aromatic carbocycles. The summed E-state index contributed by atoms with van der Waals surface area (Å²) in [6.45, 7) is 4.71. The Morgan fingerprint density at radius 3 is 2.29 bits per heavy atom. The lowest BCUT2D eigenvalue weighted by Crippen LogP contribution is -2.54. The van der Waals surface area contributed by atoms with Gasteiger partial charge in [0.15, 0.2) is 0 Å². The highest BCUT2D eigenvalue weighted by Gasteiger charge is 2.38. The van der Waals surface area contributed by atoms with Crippen LogP contribution in [0, 0.1) is 5.41 Å². The summed E-state index contributed by atoms with van der Waals surface area (Å²) in [4.78, 5) is 12.0. The van der Waals surface area contributed by atoms with Gasteiger partial charge in [0, 0.05) is 12.0 Å². The van der Waals surface area contributed by atoms with Crippen LogP contribution in [0.1, 0.15) is 52.4 Å². The van der Waals surface area contributed by atoms with E-state index < -0.39 is 5.54 Å². The monoisotopic (exact) mass is 242 g/mol. The predicted octanol–water partition coefficient (Wildman–Crippen LogP) is 1.17. The number of amides is 1. The summed E-state index contributed by atoms with van der Waals surface area (Å²) in [5.74, 6) is -0.0466. The number of hydrogen-bond donors (Lipinski definition) is 3. The van der Waals surface area contributed by atoms with E-state index in [9.17, 15) is 9.90 Å². The van der Waals surface area contributed by atoms with Crippen molar-refractivity contribution in [2.24, 2.45) is 11.1 Å². The third-order valence-corrected chi connectivity index (χ3v) is 4.41. The molecule has 0 atom stereocenters. The van der Waals surface area contributed by atoms with Crippen LogP contribution in [-0.4, -0.2) is 29.7 Å². The molecule has 0 bridgehead atoms. The van der Waals surface area contributed by atoms with Crippen molar-refractivity contribution < 1.29 is 9.90 Å². The maximum Gasteiger partial charge on any atom is 0.240 e. The second kappa shape index (κ2) is 5.83. The average molecular weight is 242 g/mol. The molecule has 100 valence electrons. The van der Waals surface area contributed by atoms with E-state index in [2.05, 4.69) is 5.32 Å². The number of aliphatic hydroxyl groups is 1. The maximum atomic E-state index is 12.0. The zero-order valence-corrected chi connectivity index (χ0v) is 11.1. The highest BCUT2D eigenvalue weighted by Crippen LogP contribution is 2.28. The van der Waals surface area contributed by atoms with Gasteiger partial charge in [-0.25, -0.2) is 0 Å². The molecular weight excluding hydrogens is 216 g/mol. The standard InChI is InChI=1S/C13H26N2O2/c1-3-12(4-2,10-16)9-15-11(17)13(14)7-5-6-8-13/h16H,3-10,14H2,1-2H3,(H,15,17). The van der Waals surface area contributed by atoms with Crippen LogP contribution in [-0.2, 0) is 4.79 Å². The molecule has 1 fully saturated rings. The van der Waals surface area contributed by atoms with Crippen LogP contribution < -0.4 is 11.1 Å². The van der Waals surface area contributed by atoms with Gasteiger partial charge in [0.2, 0.25) is 5.91 Å². The fourth-order valence-corrected chi connectivity index (χ4v) is 2.46. The van der Waals surface area contributed by atoms with E-state index in [1.165, 1.54) is 0 Å². The van der Waals surface area contributed by atoms with Crippen molar-refractivity contribution in [1.29, 1.82) is 0 Å². The number of aliphatic hydroxyl groups excluding tert-OH is 1. The van der Waals surface area contributed by atoms with Crippen molar-refractivity contribution in [1.82, 2.24) is 5.32 Å². The van der Waals surface area contributed by atoms with Gasteiger partial charge in [0.25, 0.3) is 0 Å². The molecule has 0 saturated heterocycles. The smallest absolute Gasteiger partial charge is 0.240 e. The molecule has 17 heavy (non-hydrogen) atoms. The Kier molecular flexibility index (Phi) is 4.95. The maximum absolute atomic E-state index is 12.0. The van der Waals surface area contributed by atoms with Crippen molar-refractivity contribution in [3.8, 4) is 0 Å². The number of rotatable bonds is 6. The molecule has 1 rings (SSSR count). The summed E-state index contributed by atoms with van der Waals surface area (Å²) in [6.07, 6.45) is 5.36. The Labute approximate surface area is 104 Å². The molecule has 0 aliphatic heterocycles. The molecule has 0 aromatic rings. The fraction of sp³-hybridized carbons (Fsp3) is 0.923. The first kappa shape index (κ1) is 14.5. The number of nitrogens with two attached hydrogens (primary N) is 1. The molecule has 1 aliphatic carbocycles. The molecule has 1 amide bonds. The molecule has 0 radical (unpaired) electrons. The van der Waals surface area contributed by atoms with E-state index in [-0.39, 0.29) is 17.9 Å². The van der Waals surface area contributed by atoms with Gasteiger partial charge in [-0.05, 0) is 25.7 Å². The van der Waals surface area contributed by atoms with E-state index >= 15 is 0 Å². The summed E-state index contributed by atoms with van der Waals surface area (Å²) in [6, 6.07) is 0. The second-order valence-corrected chi connectivity index (χ2v) is 5.41. The third kappa shape index (κ3) is 3.19. The van der Waals surface area contributed by atoms with Gasteiger partial charge in [-0.15, -0.1) is 0 Å². The van der Waals surface area contributed by atoms with Crippen LogP contribution in [0.2, 0.25) is 0 Å². The Morgan fingerprint density at radius 1 is 1.35 bits per heavy atom. The summed E-state index contributed by atoms with van der Waals surface area (Å²) in [7, 11) is 0. The Morgan fingerprint density at radius 2 is 1.88 bits per heavy atom. The van der Waals surface area contributed by atoms with Gasteiger partial charge in [0.1, 0.15) is 0 Å². The van der Waals surface area contributed by atoms with Crippen molar-refractivity contribution in [3.63, 3.8) is 0 Å². The molecule has 4 N–H and O–H groups in total. The quantitative estimate of drug-likeness (QED) is 0.654. The zero-order chi connectivity index (χ0) is 12.9. The number of carbonyl (C=O) groups excluding carboxylic acids is 1. The number of hydrogen-bond acceptors (Lipinski definition) is 3. The van der Waals surface area contributed by atoms with Crippen molar-refractivity contribution in [2.45, 2.75) is 57.9 Å². The van der Waals surface area contributed by atoms with Crippen LogP contribution in [0.4, 0.5) is 0 Å². The van der Waals surface area contributed by atoms with Gasteiger partial charge in [0.05, 0.1) is 12.1 Å². The van der Waals surface area contributed by atoms with E-state index in [1.54, 1.807) is 0 Å². The van der Waals surface area contributed by atoms with Gasteiger partial charge in [-0.2, -0.15) is 0 Å². The first-order chi connectivity index (χ1) is 8.02. The molecule has 0 heterocycles. The minimum absolute atomic E-state index is 0.0466. The van der Waals surface area contributed by atoms with Crippen molar-refractivity contribution in [3.05, 3.63) is 0 Å². The molecule has 4 nitrogen and oxygen atoms in total. The minimum Gasteiger partial charge on any atom is -0.396 e. The van der Waals surface area contributed by atoms with Crippen molar-refractivity contribution in [2.75, 3.05) is 13.2 Å². The van der Waals surface area contributed by atoms with E-state index in [0.29, 0.717) is 6.54 Å². The molecule has 1 saturated carbocycles. The Bertz CT molecular complexity index is 248. The molecule has 0 aromatic heterocycles. The van der Waals surface area contributed by atoms with Gasteiger partial charge < -0.3 is 16.2 Å². The molecule has 0 spiro atoms. The largest absolute Gasteiger partial charge is 0.396 e. The van der Waals surface area contributed by atoms with Crippen LogP contribution in [0.15, 0.2) is 0 Å². The van der Waals surface area contributed by atoms with Crippen LogP contribution >= 0.6 is 0 Å². The van der Waals surface area contributed by atoms with Crippen LogP contribution in [0.25, 0.3) is 0 Å². The highest BCUT2D eigenvalue weighted by atomic mass is 16.3. The van der Waals surface area contributed by atoms with Gasteiger partial charge >= 0.3 is 0 Å². The number of carbonyl (C=O) groups is 1. The summed E-state index contributed by atoms with van der Waals surface area (Å²) in [5.41, 5.74) is 5.23. The normalized spacial score (nSPS) is 19.3. The molecule has 4 heteroatoms. The number of nitrogens with one attached hydrogen (secondary N) is 1. The third-order valence-electron chi connectivity index (χ3n) is 4.41. The highest BCUT2D eigenvalue weighted by molar-refractivity contribution is 5.86. The summed E-state index contributed by atoms with van der Waals surface area (Å²) in [5, 5.41) is 12.4. The SMILES string of the molecule is CCC(CC)(CO)CNC(=O)C1(N)CCCC1. The van der Waals surface area contributed by atoms with E-state index in [1.807, 2.05) is 13.8 Å². The molecule has 0 unspecified atom stereocenters. The first-order valence-electron chi connectivity index (χ1n) is 6.70. The Balaban J connectivity index is 2.52. The van der Waals surface area contributed by atoms with Crippen LogP contribution in [0.5, 0.6) is 0 Å². The van der Waals surface area contributed by atoms with Crippen LogP contribution in [0.3, 0.4) is 0 Å². The first-order valence-corrected chi connectivity index (χ1v) is 6.70. The van der Waals surface area contributed by atoms with E-state index in [4.69, 9.17) is 5.73 Å². The Hall–Kier alpha value is -0.610. The fourth-order valence-electron chi connectivity index (χ4n) is 2.46. The molecular formula is C13H26N2O2. The second-order valence-electron chi connectivity index (χ2n) is 5.41. The minimum atomic E-state index is -0.664. The topological polar surface area (TPSA) is 75.3 Å². The lowest BCUT2D eigenvalue weighted by molar-refractivity contribution is -0.126. The van der Waals surface area contributed by atoms with Crippen molar-refractivity contribution >= 4 is 5.91 Å². The summed E-state index contributed by atoms with van der Waals surface area (Å²) < 4.78 is 0. The predicted molar refractivity (Wildman–Crippen MR) is 68.5 cm³/mol. The zero-order valence-electron chi connectivity index (χ0n) is 11.1. The molecule has 1 aliphatic rings. The lowest BCUT2D eigenvalue weighted by atomic mass is 9.83. The van der Waals surface area contributed by atoms with Gasteiger partial charge in [-0.1, -0.05) is 26.7 Å². The van der Waals surface area contributed by atoms with E-state index in [0.717, 1.165) is 38.5 Å².